The van der Waals surface area contributed by atoms with Crippen molar-refractivity contribution in [3.63, 3.8) is 0 Å². The minimum atomic E-state index is -0.361. The van der Waals surface area contributed by atoms with E-state index in [1.54, 1.807) is 23.1 Å². The molecule has 0 aromatic heterocycles. The Hall–Kier alpha value is -2.57. The fraction of sp³-hybridized carbons (Fsp3) is 0.654. The highest BCUT2D eigenvalue weighted by Crippen LogP contribution is 2.42. The van der Waals surface area contributed by atoms with Gasteiger partial charge in [-0.25, -0.2) is 0 Å². The van der Waals surface area contributed by atoms with Gasteiger partial charge in [0.1, 0.15) is 5.84 Å². The van der Waals surface area contributed by atoms with Crippen LogP contribution in [-0.4, -0.2) is 53.9 Å². The highest BCUT2D eigenvalue weighted by atomic mass is 16.7. The minimum absolute atomic E-state index is 0.0129. The molecule has 2 amide bonds. The molecule has 1 unspecified atom stereocenters. The Morgan fingerprint density at radius 3 is 2.61 bits per heavy atom. The molecule has 1 N–H and O–H groups in total. The van der Waals surface area contributed by atoms with Crippen LogP contribution in [0.5, 0.6) is 11.5 Å². The summed E-state index contributed by atoms with van der Waals surface area (Å²) in [7, 11) is 0. The van der Waals surface area contributed by atoms with E-state index >= 15 is 0 Å². The van der Waals surface area contributed by atoms with Gasteiger partial charge in [0.25, 0.3) is 5.91 Å². The zero-order valence-corrected chi connectivity index (χ0v) is 20.0. The van der Waals surface area contributed by atoms with Crippen LogP contribution in [0, 0.1) is 16.7 Å². The van der Waals surface area contributed by atoms with Gasteiger partial charge in [-0.1, -0.05) is 39.5 Å². The van der Waals surface area contributed by atoms with Gasteiger partial charge in [0.2, 0.25) is 12.7 Å². The fourth-order valence-electron chi connectivity index (χ4n) is 5.46. The maximum Gasteiger partial charge on any atom is 0.254 e. The molecule has 7 nitrogen and oxygen atoms in total. The van der Waals surface area contributed by atoms with Crippen molar-refractivity contribution in [3.05, 3.63) is 23.8 Å². The number of carbonyl (C=O) groups is 2. The normalized spacial score (nSPS) is 21.3. The summed E-state index contributed by atoms with van der Waals surface area (Å²) in [6.45, 7) is 6.52. The molecule has 0 aliphatic carbocycles. The van der Waals surface area contributed by atoms with E-state index < -0.39 is 0 Å². The second-order valence-electron chi connectivity index (χ2n) is 9.83. The van der Waals surface area contributed by atoms with Crippen LogP contribution >= 0.6 is 0 Å². The summed E-state index contributed by atoms with van der Waals surface area (Å²) in [5.41, 5.74) is 0.258. The molecule has 1 atom stereocenters. The molecule has 0 radical (unpaired) electrons. The van der Waals surface area contributed by atoms with Gasteiger partial charge in [-0.2, -0.15) is 0 Å². The van der Waals surface area contributed by atoms with Gasteiger partial charge in [0, 0.05) is 31.6 Å². The Morgan fingerprint density at radius 2 is 1.88 bits per heavy atom. The molecule has 3 heterocycles. The third-order valence-corrected chi connectivity index (χ3v) is 7.50. The Morgan fingerprint density at radius 1 is 1.15 bits per heavy atom. The first kappa shape index (κ1) is 23.6. The first-order valence-corrected chi connectivity index (χ1v) is 12.6. The zero-order chi connectivity index (χ0) is 23.4. The van der Waals surface area contributed by atoms with E-state index in [0.717, 1.165) is 57.9 Å². The van der Waals surface area contributed by atoms with Crippen molar-refractivity contribution < 1.29 is 19.1 Å². The van der Waals surface area contributed by atoms with Gasteiger partial charge in [0.05, 0.1) is 5.41 Å². The number of unbranched alkanes of at least 4 members (excludes halogenated alkanes) is 2. The lowest BCUT2D eigenvalue weighted by molar-refractivity contribution is -0.135. The number of ether oxygens (including phenoxy) is 2. The van der Waals surface area contributed by atoms with E-state index in [1.165, 1.54) is 0 Å². The van der Waals surface area contributed by atoms with Gasteiger partial charge in [0.15, 0.2) is 11.5 Å². The Labute approximate surface area is 196 Å². The molecule has 180 valence electrons. The van der Waals surface area contributed by atoms with Crippen molar-refractivity contribution >= 4 is 17.6 Å². The number of nitrogens with one attached hydrogen (secondary N) is 1. The largest absolute Gasteiger partial charge is 0.454 e. The number of hydrogen-bond donors (Lipinski definition) is 1. The topological polar surface area (TPSA) is 82.9 Å². The highest BCUT2D eigenvalue weighted by Gasteiger charge is 2.48. The molecule has 1 aromatic carbocycles. The number of hydrogen-bond acceptors (Lipinski definition) is 5. The van der Waals surface area contributed by atoms with Crippen molar-refractivity contribution in [2.45, 2.75) is 71.6 Å². The predicted octanol–water partition coefficient (Wildman–Crippen LogP) is 4.84. The molecule has 3 aliphatic rings. The number of amides is 2. The lowest BCUT2D eigenvalue weighted by Crippen LogP contribution is -2.37. The number of nitrogens with zero attached hydrogens (tertiary/aromatic N) is 2. The van der Waals surface area contributed by atoms with E-state index in [9.17, 15) is 9.59 Å². The fourth-order valence-corrected chi connectivity index (χ4v) is 5.46. The molecule has 0 spiro atoms. The van der Waals surface area contributed by atoms with Crippen molar-refractivity contribution in [1.82, 2.24) is 9.80 Å². The second-order valence-corrected chi connectivity index (χ2v) is 9.83. The van der Waals surface area contributed by atoms with Crippen LogP contribution in [0.4, 0.5) is 0 Å². The lowest BCUT2D eigenvalue weighted by Gasteiger charge is -2.27. The smallest absolute Gasteiger partial charge is 0.254 e. The predicted molar refractivity (Wildman–Crippen MR) is 127 cm³/mol. The summed E-state index contributed by atoms with van der Waals surface area (Å²) >= 11 is 0. The Kier molecular flexibility index (Phi) is 7.25. The third-order valence-electron chi connectivity index (χ3n) is 7.50. The molecule has 2 fully saturated rings. The van der Waals surface area contributed by atoms with Gasteiger partial charge in [-0.05, 0) is 49.8 Å². The van der Waals surface area contributed by atoms with Gasteiger partial charge < -0.3 is 19.3 Å². The van der Waals surface area contributed by atoms with Crippen LogP contribution in [0.1, 0.15) is 82.0 Å². The van der Waals surface area contributed by atoms with Crippen LogP contribution < -0.4 is 9.47 Å². The van der Waals surface area contributed by atoms with Crippen molar-refractivity contribution in [1.29, 1.82) is 5.41 Å². The number of fused-ring (bicyclic) bond motifs is 1. The summed E-state index contributed by atoms with van der Waals surface area (Å²) in [6, 6.07) is 5.34. The highest BCUT2D eigenvalue weighted by molar-refractivity contribution is 6.07. The molecule has 0 bridgehead atoms. The van der Waals surface area contributed by atoms with Crippen LogP contribution in [-0.2, 0) is 4.79 Å². The van der Waals surface area contributed by atoms with E-state index in [4.69, 9.17) is 14.9 Å². The number of rotatable bonds is 10. The maximum atomic E-state index is 13.4. The van der Waals surface area contributed by atoms with Crippen molar-refractivity contribution in [2.24, 2.45) is 11.3 Å². The number of carbonyl (C=O) groups excluding carboxylic acids is 2. The molecule has 7 heteroatoms. The molecule has 0 saturated carbocycles. The molecular formula is C26H37N3O4. The first-order chi connectivity index (χ1) is 16.0. The summed E-state index contributed by atoms with van der Waals surface area (Å²) in [5, 5.41) is 8.54. The maximum absolute atomic E-state index is 13.4. The molecule has 33 heavy (non-hydrogen) atoms. The average molecular weight is 456 g/mol. The quantitative estimate of drug-likeness (QED) is 0.547. The second kappa shape index (κ2) is 10.1. The first-order valence-electron chi connectivity index (χ1n) is 12.6. The van der Waals surface area contributed by atoms with Gasteiger partial charge in [-0.15, -0.1) is 0 Å². The molecule has 2 saturated heterocycles. The monoisotopic (exact) mass is 455 g/mol. The van der Waals surface area contributed by atoms with Gasteiger partial charge >= 0.3 is 0 Å². The van der Waals surface area contributed by atoms with Crippen LogP contribution in [0.3, 0.4) is 0 Å². The van der Waals surface area contributed by atoms with E-state index in [1.807, 2.05) is 4.90 Å². The summed E-state index contributed by atoms with van der Waals surface area (Å²) in [6.07, 6.45) is 8.36. The molecule has 3 aliphatic heterocycles. The van der Waals surface area contributed by atoms with Crippen LogP contribution in [0.25, 0.3) is 0 Å². The van der Waals surface area contributed by atoms with Crippen LogP contribution in [0.2, 0.25) is 0 Å². The summed E-state index contributed by atoms with van der Waals surface area (Å²) in [5.74, 6) is 2.32. The average Bonchev–Trinajstić information content (AvgIpc) is 3.53. The lowest BCUT2D eigenvalue weighted by atomic mass is 9.77. The van der Waals surface area contributed by atoms with Crippen LogP contribution in [0.15, 0.2) is 18.2 Å². The standard InChI is InChI=1S/C26H37N3O4/c1-3-5-11-26(12-6-4-2)16-23(27)29(25(26)31)14-10-19-9-13-28(17-19)24(30)20-7-8-21-22(15-20)33-18-32-21/h7-8,15,19,27H,3-6,9-14,16-18H2,1-2H3. The molecule has 1 aromatic rings. The molecular weight excluding hydrogens is 418 g/mol. The number of amidine groups is 1. The summed E-state index contributed by atoms with van der Waals surface area (Å²) in [4.78, 5) is 30.0. The number of benzene rings is 1. The van der Waals surface area contributed by atoms with Crippen molar-refractivity contribution in [2.75, 3.05) is 26.4 Å². The SMILES string of the molecule is CCCCC1(CCCC)CC(=N)N(CCC2CCN(C(=O)c3ccc4c(c3)OCO4)C2)C1=O. The van der Waals surface area contributed by atoms with E-state index in [2.05, 4.69) is 13.8 Å². The molecule has 4 rings (SSSR count). The third kappa shape index (κ3) is 4.87. The zero-order valence-electron chi connectivity index (χ0n) is 20.0. The number of likely N-dealkylation sites (tertiary alicyclic amines) is 2. The van der Waals surface area contributed by atoms with E-state index in [0.29, 0.717) is 48.3 Å². The van der Waals surface area contributed by atoms with Gasteiger partial charge in [-0.3, -0.25) is 15.0 Å². The van der Waals surface area contributed by atoms with E-state index in [-0.39, 0.29) is 24.0 Å². The summed E-state index contributed by atoms with van der Waals surface area (Å²) < 4.78 is 10.7. The Bertz CT molecular complexity index is 892. The minimum Gasteiger partial charge on any atom is -0.454 e. The Balaban J connectivity index is 1.32. The van der Waals surface area contributed by atoms with Crippen molar-refractivity contribution in [3.8, 4) is 11.5 Å².